The van der Waals surface area contributed by atoms with E-state index >= 15 is 0 Å². The van der Waals surface area contributed by atoms with Gasteiger partial charge in [0, 0.05) is 32.1 Å². The third-order valence-electron chi connectivity index (χ3n) is 5.90. The summed E-state index contributed by atoms with van der Waals surface area (Å²) < 4.78 is 37.5. The maximum atomic E-state index is 13.4. The van der Waals surface area contributed by atoms with Crippen molar-refractivity contribution in [1.29, 1.82) is 0 Å². The standard InChI is InChI=1S/C26H35N3O6S/c1-4-22(26(31)27-5-2)28(19-20-10-7-6-8-11-20)25(30)12-9-15-29(36(3,32)33)21-13-14-23-24(18-21)35-17-16-34-23/h6-8,10-11,13-14,18,22H,4-5,9,12,15-17,19H2,1-3H3,(H,27,31)/t22-/m0/s1. The van der Waals surface area contributed by atoms with Crippen LogP contribution >= 0.6 is 0 Å². The number of fused-ring (bicyclic) bond motifs is 1. The van der Waals surface area contributed by atoms with Gasteiger partial charge in [-0.25, -0.2) is 8.42 Å². The summed E-state index contributed by atoms with van der Waals surface area (Å²) in [5.41, 5.74) is 1.37. The summed E-state index contributed by atoms with van der Waals surface area (Å²) in [5, 5.41) is 2.82. The Hall–Kier alpha value is -3.27. The Morgan fingerprint density at radius 2 is 1.72 bits per heavy atom. The van der Waals surface area contributed by atoms with Gasteiger partial charge in [-0.2, -0.15) is 0 Å². The first-order valence-corrected chi connectivity index (χ1v) is 14.1. The molecular weight excluding hydrogens is 482 g/mol. The maximum Gasteiger partial charge on any atom is 0.242 e. The number of carbonyl (C=O) groups excluding carboxylic acids is 2. The van der Waals surface area contributed by atoms with Crippen LogP contribution in [0.1, 0.15) is 38.7 Å². The Balaban J connectivity index is 1.74. The average Bonchev–Trinajstić information content (AvgIpc) is 2.86. The van der Waals surface area contributed by atoms with Crippen molar-refractivity contribution in [1.82, 2.24) is 10.2 Å². The van der Waals surface area contributed by atoms with Crippen molar-refractivity contribution in [2.75, 3.05) is 36.9 Å². The number of carbonyl (C=O) groups is 2. The first-order valence-electron chi connectivity index (χ1n) is 12.2. The lowest BCUT2D eigenvalue weighted by Crippen LogP contribution is -2.49. The number of likely N-dealkylation sites (N-methyl/N-ethyl adjacent to an activating group) is 1. The zero-order valence-electron chi connectivity index (χ0n) is 21.1. The van der Waals surface area contributed by atoms with E-state index in [9.17, 15) is 18.0 Å². The number of amides is 2. The first kappa shape index (κ1) is 27.3. The molecule has 0 saturated carbocycles. The van der Waals surface area contributed by atoms with Crippen LogP contribution in [-0.4, -0.2) is 63.7 Å². The quantitative estimate of drug-likeness (QED) is 0.464. The van der Waals surface area contributed by atoms with Gasteiger partial charge in [-0.3, -0.25) is 13.9 Å². The molecule has 1 atom stereocenters. The van der Waals surface area contributed by atoms with E-state index in [1.54, 1.807) is 23.1 Å². The monoisotopic (exact) mass is 517 g/mol. The summed E-state index contributed by atoms with van der Waals surface area (Å²) in [5.74, 6) is 0.664. The van der Waals surface area contributed by atoms with E-state index in [1.807, 2.05) is 44.2 Å². The van der Waals surface area contributed by atoms with E-state index in [-0.39, 0.29) is 31.2 Å². The molecule has 0 bridgehead atoms. The molecule has 2 amide bonds. The lowest BCUT2D eigenvalue weighted by Gasteiger charge is -2.31. The molecule has 1 aliphatic heterocycles. The molecule has 0 spiro atoms. The second-order valence-corrected chi connectivity index (χ2v) is 10.5. The fraction of sp³-hybridized carbons (Fsp3) is 0.462. The van der Waals surface area contributed by atoms with E-state index in [0.29, 0.717) is 49.9 Å². The highest BCUT2D eigenvalue weighted by Crippen LogP contribution is 2.34. The molecule has 36 heavy (non-hydrogen) atoms. The number of rotatable bonds is 12. The SMILES string of the molecule is CCNC(=O)[C@H](CC)N(Cc1ccccc1)C(=O)CCCN(c1ccc2c(c1)OCCO2)S(C)(=O)=O. The van der Waals surface area contributed by atoms with Gasteiger partial charge in [-0.15, -0.1) is 0 Å². The summed E-state index contributed by atoms with van der Waals surface area (Å²) in [4.78, 5) is 27.7. The number of hydrogen-bond donors (Lipinski definition) is 1. The molecule has 0 radical (unpaired) electrons. The molecule has 0 aromatic heterocycles. The zero-order chi connectivity index (χ0) is 26.1. The highest BCUT2D eigenvalue weighted by atomic mass is 32.2. The topological polar surface area (TPSA) is 105 Å². The molecule has 2 aromatic carbocycles. The summed E-state index contributed by atoms with van der Waals surface area (Å²) in [6.07, 6.45) is 1.99. The Kier molecular flexibility index (Phi) is 9.58. The minimum absolute atomic E-state index is 0.0965. The third-order valence-corrected chi connectivity index (χ3v) is 7.09. The highest BCUT2D eigenvalue weighted by molar-refractivity contribution is 7.92. The van der Waals surface area contributed by atoms with Gasteiger partial charge in [-0.1, -0.05) is 37.3 Å². The number of anilines is 1. The van der Waals surface area contributed by atoms with E-state index in [0.717, 1.165) is 11.8 Å². The van der Waals surface area contributed by atoms with Gasteiger partial charge in [0.2, 0.25) is 21.8 Å². The highest BCUT2D eigenvalue weighted by Gasteiger charge is 2.28. The molecule has 3 rings (SSSR count). The lowest BCUT2D eigenvalue weighted by molar-refractivity contribution is -0.141. The number of hydrogen-bond acceptors (Lipinski definition) is 6. The molecule has 1 N–H and O–H groups in total. The zero-order valence-corrected chi connectivity index (χ0v) is 21.9. The minimum atomic E-state index is -3.61. The van der Waals surface area contributed by atoms with Crippen LogP contribution in [0, 0.1) is 0 Å². The number of nitrogens with zero attached hydrogens (tertiary/aromatic N) is 2. The Morgan fingerprint density at radius 1 is 1.03 bits per heavy atom. The number of sulfonamides is 1. The van der Waals surface area contributed by atoms with Gasteiger partial charge in [0.1, 0.15) is 19.3 Å². The first-order chi connectivity index (χ1) is 17.2. The Bertz CT molecular complexity index is 1140. The molecule has 10 heteroatoms. The molecule has 0 saturated heterocycles. The smallest absolute Gasteiger partial charge is 0.242 e. The fourth-order valence-corrected chi connectivity index (χ4v) is 5.14. The van der Waals surface area contributed by atoms with Crippen LogP contribution in [0.25, 0.3) is 0 Å². The normalized spacial score (nSPS) is 13.5. The Morgan fingerprint density at radius 3 is 2.36 bits per heavy atom. The van der Waals surface area contributed by atoms with Crippen LogP contribution < -0.4 is 19.1 Å². The van der Waals surface area contributed by atoms with Gasteiger partial charge in [0.15, 0.2) is 11.5 Å². The maximum absolute atomic E-state index is 13.4. The summed E-state index contributed by atoms with van der Waals surface area (Å²) in [6.45, 7) is 5.43. The predicted octanol–water partition coefficient (Wildman–Crippen LogP) is 2.95. The van der Waals surface area contributed by atoms with Crippen LogP contribution in [0.2, 0.25) is 0 Å². The largest absolute Gasteiger partial charge is 0.486 e. The van der Waals surface area contributed by atoms with Crippen molar-refractivity contribution in [2.24, 2.45) is 0 Å². The lowest BCUT2D eigenvalue weighted by atomic mass is 10.1. The molecule has 2 aromatic rings. The molecule has 1 aliphatic rings. The number of benzene rings is 2. The molecule has 0 aliphatic carbocycles. The predicted molar refractivity (Wildman–Crippen MR) is 139 cm³/mol. The van der Waals surface area contributed by atoms with Crippen LogP contribution in [0.5, 0.6) is 11.5 Å². The van der Waals surface area contributed by atoms with Crippen molar-refractivity contribution in [3.63, 3.8) is 0 Å². The molecule has 0 fully saturated rings. The van der Waals surface area contributed by atoms with E-state index in [4.69, 9.17) is 9.47 Å². The van der Waals surface area contributed by atoms with Crippen LogP contribution in [-0.2, 0) is 26.2 Å². The van der Waals surface area contributed by atoms with E-state index in [1.165, 1.54) is 4.31 Å². The molecule has 0 unspecified atom stereocenters. The van der Waals surface area contributed by atoms with Crippen molar-refractivity contribution in [3.8, 4) is 11.5 Å². The molecule has 9 nitrogen and oxygen atoms in total. The van der Waals surface area contributed by atoms with Crippen molar-refractivity contribution < 1.29 is 27.5 Å². The number of nitrogens with one attached hydrogen (secondary N) is 1. The van der Waals surface area contributed by atoms with Gasteiger partial charge >= 0.3 is 0 Å². The van der Waals surface area contributed by atoms with Gasteiger partial charge in [0.25, 0.3) is 0 Å². The van der Waals surface area contributed by atoms with Crippen LogP contribution in [0.4, 0.5) is 5.69 Å². The van der Waals surface area contributed by atoms with Gasteiger partial charge < -0.3 is 19.7 Å². The average molecular weight is 518 g/mol. The minimum Gasteiger partial charge on any atom is -0.486 e. The van der Waals surface area contributed by atoms with Crippen molar-refractivity contribution in [3.05, 3.63) is 54.1 Å². The van der Waals surface area contributed by atoms with Crippen molar-refractivity contribution in [2.45, 2.75) is 45.7 Å². The second kappa shape index (κ2) is 12.6. The third kappa shape index (κ3) is 7.13. The van der Waals surface area contributed by atoms with Gasteiger partial charge in [-0.05, 0) is 37.5 Å². The summed E-state index contributed by atoms with van der Waals surface area (Å²) >= 11 is 0. The van der Waals surface area contributed by atoms with Crippen LogP contribution in [0.3, 0.4) is 0 Å². The summed E-state index contributed by atoms with van der Waals surface area (Å²) in [6, 6.07) is 13.9. The molecule has 196 valence electrons. The fourth-order valence-electron chi connectivity index (χ4n) is 4.18. The van der Waals surface area contributed by atoms with Gasteiger partial charge in [0.05, 0.1) is 11.9 Å². The molecular formula is C26H35N3O6S. The number of ether oxygens (including phenoxy) is 2. The summed E-state index contributed by atoms with van der Waals surface area (Å²) in [7, 11) is -3.61. The van der Waals surface area contributed by atoms with Crippen LogP contribution in [0.15, 0.2) is 48.5 Å². The second-order valence-electron chi connectivity index (χ2n) is 8.59. The Labute approximate surface area is 213 Å². The van der Waals surface area contributed by atoms with E-state index < -0.39 is 16.1 Å². The molecule has 1 heterocycles. The van der Waals surface area contributed by atoms with Crippen molar-refractivity contribution >= 4 is 27.5 Å². The van der Waals surface area contributed by atoms with E-state index in [2.05, 4.69) is 5.32 Å².